The van der Waals surface area contributed by atoms with E-state index < -0.39 is 0 Å². The van der Waals surface area contributed by atoms with Gasteiger partial charge in [0, 0.05) is 24.5 Å². The number of nitrogens with zero attached hydrogens (tertiary/aromatic N) is 6. The molecule has 1 aliphatic rings. The van der Waals surface area contributed by atoms with E-state index >= 15 is 0 Å². The summed E-state index contributed by atoms with van der Waals surface area (Å²) in [7, 11) is 0. The van der Waals surface area contributed by atoms with Crippen molar-refractivity contribution >= 4 is 5.65 Å². The molecule has 3 aromatic heterocycles. The largest absolute Gasteiger partial charge is 0.304 e. The Bertz CT molecular complexity index is 760. The van der Waals surface area contributed by atoms with Crippen LogP contribution in [-0.2, 0) is 13.1 Å². The van der Waals surface area contributed by atoms with Gasteiger partial charge in [-0.15, -0.1) is 0 Å². The Morgan fingerprint density at radius 3 is 3.09 bits per heavy atom. The Labute approximate surface area is 129 Å². The van der Waals surface area contributed by atoms with E-state index in [1.54, 1.807) is 12.7 Å². The van der Waals surface area contributed by atoms with Crippen LogP contribution < -0.4 is 0 Å². The molecule has 0 spiro atoms. The summed E-state index contributed by atoms with van der Waals surface area (Å²) in [6.07, 6.45) is 8.02. The lowest BCUT2D eigenvalue weighted by molar-refractivity contribution is 0.217. The van der Waals surface area contributed by atoms with Gasteiger partial charge in [0.1, 0.15) is 18.3 Å². The smallest absolute Gasteiger partial charge is 0.137 e. The number of hydrogen-bond acceptors (Lipinski definition) is 4. The summed E-state index contributed by atoms with van der Waals surface area (Å²) in [6, 6.07) is 6.76. The highest BCUT2D eigenvalue weighted by atomic mass is 15.3. The van der Waals surface area contributed by atoms with E-state index in [9.17, 15) is 0 Å². The summed E-state index contributed by atoms with van der Waals surface area (Å²) in [5.74, 6) is 0. The van der Waals surface area contributed by atoms with E-state index in [4.69, 9.17) is 4.98 Å². The van der Waals surface area contributed by atoms with Crippen molar-refractivity contribution in [1.82, 2.24) is 29.0 Å². The van der Waals surface area contributed by atoms with E-state index in [1.807, 2.05) is 4.68 Å². The van der Waals surface area contributed by atoms with E-state index in [-0.39, 0.29) is 0 Å². The zero-order valence-electron chi connectivity index (χ0n) is 12.8. The first-order chi connectivity index (χ1) is 10.8. The number of fused-ring (bicyclic) bond motifs is 1. The van der Waals surface area contributed by atoms with Crippen LogP contribution in [0.5, 0.6) is 0 Å². The fourth-order valence-corrected chi connectivity index (χ4v) is 3.34. The Kier molecular flexibility index (Phi) is 3.38. The lowest BCUT2D eigenvalue weighted by Gasteiger charge is -2.23. The predicted molar refractivity (Wildman–Crippen MR) is 83.4 cm³/mol. The van der Waals surface area contributed by atoms with Crippen LogP contribution in [0, 0.1) is 6.92 Å². The van der Waals surface area contributed by atoms with E-state index in [0.717, 1.165) is 31.0 Å². The van der Waals surface area contributed by atoms with Gasteiger partial charge in [0.15, 0.2) is 0 Å². The first kappa shape index (κ1) is 13.5. The van der Waals surface area contributed by atoms with Crippen molar-refractivity contribution in [3.8, 4) is 0 Å². The predicted octanol–water partition coefficient (Wildman–Crippen LogP) is 1.90. The summed E-state index contributed by atoms with van der Waals surface area (Å²) in [6.45, 7) is 5.06. The Morgan fingerprint density at radius 2 is 2.27 bits per heavy atom. The first-order valence-corrected chi connectivity index (χ1v) is 7.80. The number of pyridine rings is 1. The van der Waals surface area contributed by atoms with Gasteiger partial charge in [-0.25, -0.2) is 9.97 Å². The SMILES string of the molecule is Cc1cccc2nc(CN3CCCC3Cn3cncn3)cn12. The van der Waals surface area contributed by atoms with Crippen molar-refractivity contribution in [3.05, 3.63) is 48.4 Å². The third-order valence-electron chi connectivity index (χ3n) is 4.47. The van der Waals surface area contributed by atoms with E-state index in [1.165, 1.54) is 18.5 Å². The fourth-order valence-electron chi connectivity index (χ4n) is 3.34. The maximum atomic E-state index is 4.76. The average molecular weight is 296 g/mol. The number of imidazole rings is 1. The molecule has 4 rings (SSSR count). The molecule has 0 amide bonds. The lowest BCUT2D eigenvalue weighted by Crippen LogP contribution is -2.32. The second-order valence-corrected chi connectivity index (χ2v) is 6.01. The summed E-state index contributed by atoms with van der Waals surface area (Å²) in [4.78, 5) is 11.3. The zero-order valence-corrected chi connectivity index (χ0v) is 12.8. The van der Waals surface area contributed by atoms with Gasteiger partial charge in [-0.05, 0) is 38.4 Å². The molecule has 0 aliphatic carbocycles. The van der Waals surface area contributed by atoms with Crippen molar-refractivity contribution in [2.24, 2.45) is 0 Å². The van der Waals surface area contributed by atoms with Gasteiger partial charge in [0.25, 0.3) is 0 Å². The molecule has 1 aliphatic heterocycles. The average Bonchev–Trinajstić information content (AvgIpc) is 3.22. The molecule has 0 bridgehead atoms. The second kappa shape index (κ2) is 5.53. The highest BCUT2D eigenvalue weighted by molar-refractivity contribution is 5.41. The summed E-state index contributed by atoms with van der Waals surface area (Å²) < 4.78 is 4.09. The minimum Gasteiger partial charge on any atom is -0.304 e. The number of aromatic nitrogens is 5. The van der Waals surface area contributed by atoms with Gasteiger partial charge in [-0.3, -0.25) is 9.58 Å². The Hall–Kier alpha value is -2.21. The molecule has 1 atom stereocenters. The second-order valence-electron chi connectivity index (χ2n) is 6.01. The van der Waals surface area contributed by atoms with E-state index in [2.05, 4.69) is 50.7 Å². The minimum absolute atomic E-state index is 0.521. The molecule has 0 saturated carbocycles. The quantitative estimate of drug-likeness (QED) is 0.738. The van der Waals surface area contributed by atoms with Crippen molar-refractivity contribution < 1.29 is 0 Å². The molecule has 1 fully saturated rings. The molecular weight excluding hydrogens is 276 g/mol. The first-order valence-electron chi connectivity index (χ1n) is 7.80. The molecule has 1 saturated heterocycles. The van der Waals surface area contributed by atoms with Crippen LogP contribution in [-0.4, -0.2) is 41.6 Å². The molecule has 0 aromatic carbocycles. The van der Waals surface area contributed by atoms with Crippen molar-refractivity contribution in [2.75, 3.05) is 6.54 Å². The molecule has 4 heterocycles. The molecule has 0 N–H and O–H groups in total. The molecular formula is C16H20N6. The normalized spacial score (nSPS) is 19.2. The van der Waals surface area contributed by atoms with Crippen LogP contribution in [0.15, 0.2) is 37.1 Å². The minimum atomic E-state index is 0.521. The highest BCUT2D eigenvalue weighted by Crippen LogP contribution is 2.21. The van der Waals surface area contributed by atoms with Crippen LogP contribution >= 0.6 is 0 Å². The van der Waals surface area contributed by atoms with Crippen LogP contribution in [0.1, 0.15) is 24.2 Å². The topological polar surface area (TPSA) is 51.2 Å². The maximum Gasteiger partial charge on any atom is 0.137 e. The molecule has 6 heteroatoms. The van der Waals surface area contributed by atoms with Gasteiger partial charge in [0.2, 0.25) is 0 Å². The molecule has 22 heavy (non-hydrogen) atoms. The molecule has 114 valence electrons. The maximum absolute atomic E-state index is 4.76. The summed E-state index contributed by atoms with van der Waals surface area (Å²) in [5.41, 5.74) is 3.39. The highest BCUT2D eigenvalue weighted by Gasteiger charge is 2.25. The van der Waals surface area contributed by atoms with Crippen LogP contribution in [0.2, 0.25) is 0 Å². The molecule has 6 nitrogen and oxygen atoms in total. The van der Waals surface area contributed by atoms with Gasteiger partial charge in [-0.2, -0.15) is 5.10 Å². The van der Waals surface area contributed by atoms with Crippen molar-refractivity contribution in [1.29, 1.82) is 0 Å². The Balaban J connectivity index is 1.52. The number of hydrogen-bond donors (Lipinski definition) is 0. The number of rotatable bonds is 4. The zero-order chi connectivity index (χ0) is 14.9. The number of likely N-dealkylation sites (tertiary alicyclic amines) is 1. The van der Waals surface area contributed by atoms with Crippen LogP contribution in [0.25, 0.3) is 5.65 Å². The van der Waals surface area contributed by atoms with Gasteiger partial charge in [-0.1, -0.05) is 6.07 Å². The lowest BCUT2D eigenvalue weighted by atomic mass is 10.2. The molecule has 1 unspecified atom stereocenters. The van der Waals surface area contributed by atoms with Crippen LogP contribution in [0.4, 0.5) is 0 Å². The summed E-state index contributed by atoms with van der Waals surface area (Å²) in [5, 5.41) is 4.23. The third-order valence-corrected chi connectivity index (χ3v) is 4.47. The number of aryl methyl sites for hydroxylation is 1. The van der Waals surface area contributed by atoms with Gasteiger partial charge >= 0.3 is 0 Å². The van der Waals surface area contributed by atoms with Gasteiger partial charge < -0.3 is 4.40 Å². The third kappa shape index (κ3) is 2.50. The molecule has 0 radical (unpaired) electrons. The monoisotopic (exact) mass is 296 g/mol. The van der Waals surface area contributed by atoms with Crippen molar-refractivity contribution in [2.45, 2.75) is 38.9 Å². The van der Waals surface area contributed by atoms with Gasteiger partial charge in [0.05, 0.1) is 12.2 Å². The standard InChI is InChI=1S/C16H20N6/c1-13-4-2-6-16-19-14(9-22(13)16)8-20-7-3-5-15(20)10-21-12-17-11-18-21/h2,4,6,9,11-12,15H,3,5,7-8,10H2,1H3. The van der Waals surface area contributed by atoms with E-state index in [0.29, 0.717) is 6.04 Å². The summed E-state index contributed by atoms with van der Waals surface area (Å²) >= 11 is 0. The fraction of sp³-hybridized carbons (Fsp3) is 0.438. The molecule has 3 aromatic rings. The van der Waals surface area contributed by atoms with Crippen LogP contribution in [0.3, 0.4) is 0 Å². The van der Waals surface area contributed by atoms with Crippen molar-refractivity contribution in [3.63, 3.8) is 0 Å². The Morgan fingerprint density at radius 1 is 1.32 bits per heavy atom.